The van der Waals surface area contributed by atoms with Crippen molar-refractivity contribution in [3.8, 4) is 32.4 Å². The Morgan fingerprint density at radius 2 is 1.50 bits per heavy atom. The van der Waals surface area contributed by atoms with Crippen molar-refractivity contribution in [3.05, 3.63) is 96.1 Å². The van der Waals surface area contributed by atoms with Gasteiger partial charge in [0.2, 0.25) is 0 Å². The highest BCUT2D eigenvalue weighted by molar-refractivity contribution is 7.19. The fraction of sp³-hybridized carbons (Fsp3) is 0. The molecule has 0 aliphatic rings. The second-order valence-electron chi connectivity index (χ2n) is 6.60. The maximum absolute atomic E-state index is 13.4. The number of nitrogens with zero attached hydrogens (tertiary/aromatic N) is 2. The molecule has 0 aliphatic heterocycles. The van der Waals surface area contributed by atoms with Gasteiger partial charge in [0, 0.05) is 16.6 Å². The number of anilines is 2. The molecule has 30 heavy (non-hydrogen) atoms. The van der Waals surface area contributed by atoms with Gasteiger partial charge in [0.05, 0.1) is 10.6 Å². The first-order chi connectivity index (χ1) is 14.8. The average Bonchev–Trinajstić information content (AvgIpc) is 3.42. The Morgan fingerprint density at radius 1 is 0.767 bits per heavy atom. The summed E-state index contributed by atoms with van der Waals surface area (Å²) in [6.07, 6.45) is 0. The maximum Gasteiger partial charge on any atom is 0.187 e. The van der Waals surface area contributed by atoms with E-state index in [4.69, 9.17) is 4.98 Å². The fourth-order valence-electron chi connectivity index (χ4n) is 3.13. The summed E-state index contributed by atoms with van der Waals surface area (Å²) in [5.41, 5.74) is 4.64. The Balaban J connectivity index is 1.52. The van der Waals surface area contributed by atoms with E-state index in [9.17, 15) is 4.39 Å². The zero-order chi connectivity index (χ0) is 20.3. The Morgan fingerprint density at radius 3 is 2.23 bits per heavy atom. The maximum atomic E-state index is 13.4. The van der Waals surface area contributed by atoms with Crippen LogP contribution < -0.4 is 5.32 Å². The Kier molecular flexibility index (Phi) is 5.09. The van der Waals surface area contributed by atoms with Crippen LogP contribution >= 0.6 is 22.7 Å². The highest BCUT2D eigenvalue weighted by Crippen LogP contribution is 2.41. The lowest BCUT2D eigenvalue weighted by atomic mass is 10.1. The quantitative estimate of drug-likeness (QED) is 0.315. The van der Waals surface area contributed by atoms with Crippen LogP contribution in [0.1, 0.15) is 0 Å². The molecule has 0 unspecified atom stereocenters. The normalized spacial score (nSPS) is 10.8. The van der Waals surface area contributed by atoms with Gasteiger partial charge in [-0.05, 0) is 23.8 Å². The largest absolute Gasteiger partial charge is 0.331 e. The van der Waals surface area contributed by atoms with E-state index in [1.54, 1.807) is 17.4 Å². The van der Waals surface area contributed by atoms with Crippen molar-refractivity contribution in [2.24, 2.45) is 0 Å². The van der Waals surface area contributed by atoms with Crippen molar-refractivity contribution in [2.45, 2.75) is 0 Å². The van der Waals surface area contributed by atoms with Crippen molar-refractivity contribution in [3.63, 3.8) is 0 Å². The average molecular weight is 430 g/mol. The number of benzene rings is 3. The van der Waals surface area contributed by atoms with Crippen LogP contribution in [0.15, 0.2) is 90.3 Å². The van der Waals surface area contributed by atoms with Gasteiger partial charge < -0.3 is 5.32 Å². The third-order valence-corrected chi connectivity index (χ3v) is 6.39. The molecule has 5 rings (SSSR count). The molecule has 0 aliphatic carbocycles. The van der Waals surface area contributed by atoms with Crippen LogP contribution in [0.5, 0.6) is 0 Å². The van der Waals surface area contributed by atoms with Crippen molar-refractivity contribution in [1.29, 1.82) is 0 Å². The number of rotatable bonds is 5. The summed E-state index contributed by atoms with van der Waals surface area (Å²) in [6.45, 7) is 0. The molecule has 0 fully saturated rings. The van der Waals surface area contributed by atoms with Crippen LogP contribution in [-0.4, -0.2) is 9.97 Å². The van der Waals surface area contributed by atoms with Crippen molar-refractivity contribution in [2.75, 3.05) is 5.32 Å². The highest BCUT2D eigenvalue weighted by atomic mass is 32.1. The molecule has 0 saturated carbocycles. The Bertz CT molecular complexity index is 1220. The van der Waals surface area contributed by atoms with Crippen LogP contribution in [0.2, 0.25) is 0 Å². The van der Waals surface area contributed by atoms with Gasteiger partial charge in [-0.25, -0.2) is 14.4 Å². The number of hydrogen-bond acceptors (Lipinski definition) is 5. The van der Waals surface area contributed by atoms with Gasteiger partial charge in [-0.1, -0.05) is 66.7 Å². The molecule has 5 aromatic rings. The Labute approximate surface area is 181 Å². The predicted octanol–water partition coefficient (Wildman–Crippen LogP) is 7.48. The first kappa shape index (κ1) is 18.7. The lowest BCUT2D eigenvalue weighted by Crippen LogP contribution is -1.90. The molecule has 0 bridgehead atoms. The zero-order valence-electron chi connectivity index (χ0n) is 15.7. The Hall–Kier alpha value is -3.35. The number of nitrogens with one attached hydrogen (secondary N) is 1. The summed E-state index contributed by atoms with van der Waals surface area (Å²) in [5.74, 6) is -0.281. The molecule has 6 heteroatoms. The molecule has 3 nitrogen and oxygen atoms in total. The third kappa shape index (κ3) is 3.87. The smallest absolute Gasteiger partial charge is 0.187 e. The van der Waals surface area contributed by atoms with E-state index in [0.29, 0.717) is 10.8 Å². The molecule has 146 valence electrons. The van der Waals surface area contributed by atoms with Gasteiger partial charge in [0.25, 0.3) is 0 Å². The van der Waals surface area contributed by atoms with Gasteiger partial charge in [-0.15, -0.1) is 22.7 Å². The van der Waals surface area contributed by atoms with Crippen LogP contribution in [0, 0.1) is 5.82 Å². The minimum atomic E-state index is -0.281. The predicted molar refractivity (Wildman–Crippen MR) is 124 cm³/mol. The molecular formula is C24H16FN3S2. The van der Waals surface area contributed by atoms with E-state index >= 15 is 0 Å². The highest BCUT2D eigenvalue weighted by Gasteiger charge is 2.17. The van der Waals surface area contributed by atoms with Gasteiger partial charge in [0.15, 0.2) is 5.13 Å². The van der Waals surface area contributed by atoms with E-state index in [2.05, 4.69) is 34.6 Å². The summed E-state index contributed by atoms with van der Waals surface area (Å²) < 4.78 is 13.4. The first-order valence-electron chi connectivity index (χ1n) is 9.36. The first-order valence-corrected chi connectivity index (χ1v) is 11.1. The number of aromatic nitrogens is 2. The molecule has 1 N–H and O–H groups in total. The van der Waals surface area contributed by atoms with Crippen LogP contribution in [0.3, 0.4) is 0 Å². The summed E-state index contributed by atoms with van der Waals surface area (Å²) in [5, 5.41) is 6.70. The van der Waals surface area contributed by atoms with Crippen LogP contribution in [-0.2, 0) is 0 Å². The van der Waals surface area contributed by atoms with E-state index in [1.807, 2.05) is 47.8 Å². The third-order valence-electron chi connectivity index (χ3n) is 4.51. The summed E-state index contributed by atoms with van der Waals surface area (Å²) >= 11 is 3.10. The number of halogens is 1. The molecule has 3 aromatic carbocycles. The minimum Gasteiger partial charge on any atom is -0.331 e. The zero-order valence-corrected chi connectivity index (χ0v) is 17.4. The molecule has 0 amide bonds. The lowest BCUT2D eigenvalue weighted by molar-refractivity contribution is 0.628. The molecule has 0 spiro atoms. The lowest BCUT2D eigenvalue weighted by Gasteiger charge is -2.02. The van der Waals surface area contributed by atoms with E-state index < -0.39 is 0 Å². The van der Waals surface area contributed by atoms with E-state index in [-0.39, 0.29) is 5.82 Å². The summed E-state index contributed by atoms with van der Waals surface area (Å²) in [6, 6.07) is 26.8. The van der Waals surface area contributed by atoms with Gasteiger partial charge in [-0.2, -0.15) is 0 Å². The molecule has 0 radical (unpaired) electrons. The SMILES string of the molecule is Fc1cccc(Nc2nc(-c3nc(-c4ccccc4)c(-c4ccccc4)s3)cs2)c1. The summed E-state index contributed by atoms with van der Waals surface area (Å²) in [7, 11) is 0. The summed E-state index contributed by atoms with van der Waals surface area (Å²) in [4.78, 5) is 10.7. The van der Waals surface area contributed by atoms with Gasteiger partial charge in [-0.3, -0.25) is 0 Å². The van der Waals surface area contributed by atoms with E-state index in [0.717, 1.165) is 32.4 Å². The van der Waals surface area contributed by atoms with Crippen LogP contribution in [0.25, 0.3) is 32.4 Å². The number of thiazole rings is 2. The van der Waals surface area contributed by atoms with Gasteiger partial charge >= 0.3 is 0 Å². The molecule has 0 saturated heterocycles. The standard InChI is InChI=1S/C24H16FN3S2/c25-18-12-7-13-19(14-18)26-24-27-20(15-29-24)23-28-21(16-8-3-1-4-9-16)22(30-23)17-10-5-2-6-11-17/h1-15H,(H,26,27). The van der Waals surface area contributed by atoms with Gasteiger partial charge in [0.1, 0.15) is 16.5 Å². The second-order valence-corrected chi connectivity index (χ2v) is 8.46. The van der Waals surface area contributed by atoms with E-state index in [1.165, 1.54) is 23.5 Å². The topological polar surface area (TPSA) is 37.8 Å². The second kappa shape index (κ2) is 8.18. The number of hydrogen-bond donors (Lipinski definition) is 1. The van der Waals surface area contributed by atoms with Crippen LogP contribution in [0.4, 0.5) is 15.2 Å². The molecular weight excluding hydrogens is 413 g/mol. The minimum absolute atomic E-state index is 0.281. The van der Waals surface area contributed by atoms with Crippen molar-refractivity contribution < 1.29 is 4.39 Å². The fourth-order valence-corrected chi connectivity index (χ4v) is 4.97. The molecule has 2 aromatic heterocycles. The molecule has 2 heterocycles. The monoisotopic (exact) mass is 429 g/mol. The van der Waals surface area contributed by atoms with Crippen molar-refractivity contribution in [1.82, 2.24) is 9.97 Å². The molecule has 0 atom stereocenters. The van der Waals surface area contributed by atoms with Crippen molar-refractivity contribution >= 4 is 33.5 Å².